The summed E-state index contributed by atoms with van der Waals surface area (Å²) < 4.78 is 5.35. The van der Waals surface area contributed by atoms with E-state index >= 15 is 0 Å². The summed E-state index contributed by atoms with van der Waals surface area (Å²) >= 11 is 0. The van der Waals surface area contributed by atoms with E-state index in [1.807, 2.05) is 6.92 Å². The monoisotopic (exact) mass is 218 g/mol. The van der Waals surface area contributed by atoms with Gasteiger partial charge in [-0.05, 0) is 6.92 Å². The molecule has 0 atom stereocenters. The molecule has 0 saturated carbocycles. The molecule has 3 rings (SSSR count). The molecule has 2 aliphatic rings. The molecule has 5 heteroatoms. The fourth-order valence-electron chi connectivity index (χ4n) is 2.19. The number of nitrogens with zero attached hydrogens (tertiary/aromatic N) is 4. The molecule has 84 valence electrons. The van der Waals surface area contributed by atoms with Crippen LogP contribution in [0.15, 0.2) is 11.3 Å². The van der Waals surface area contributed by atoms with Crippen LogP contribution in [0.1, 0.15) is 18.2 Å². The standard InChI is InChI=1S/C11H14N4O/c1-8-10-9(6-12-8)13-7-14-11(10)15-2-4-16-5-3-15/h7H,2-6H2,1H3. The number of hydrogen-bond acceptors (Lipinski definition) is 5. The SMILES string of the molecule is CC1=NCc2ncnc(N3CCOCC3)c21. The highest BCUT2D eigenvalue weighted by atomic mass is 16.5. The molecule has 1 fully saturated rings. The van der Waals surface area contributed by atoms with E-state index in [-0.39, 0.29) is 0 Å². The van der Waals surface area contributed by atoms with E-state index in [1.54, 1.807) is 6.33 Å². The zero-order chi connectivity index (χ0) is 11.0. The van der Waals surface area contributed by atoms with Crippen molar-refractivity contribution < 1.29 is 4.74 Å². The Morgan fingerprint density at radius 1 is 1.25 bits per heavy atom. The van der Waals surface area contributed by atoms with Crippen molar-refractivity contribution in [2.75, 3.05) is 31.2 Å². The van der Waals surface area contributed by atoms with Gasteiger partial charge < -0.3 is 9.64 Å². The van der Waals surface area contributed by atoms with Gasteiger partial charge in [0, 0.05) is 18.8 Å². The molecule has 5 nitrogen and oxygen atoms in total. The second-order valence-electron chi connectivity index (χ2n) is 4.02. The zero-order valence-corrected chi connectivity index (χ0v) is 9.31. The molecule has 1 aromatic rings. The van der Waals surface area contributed by atoms with Crippen molar-refractivity contribution in [1.82, 2.24) is 9.97 Å². The number of morpholine rings is 1. The van der Waals surface area contributed by atoms with Gasteiger partial charge in [-0.1, -0.05) is 0 Å². The van der Waals surface area contributed by atoms with E-state index < -0.39 is 0 Å². The van der Waals surface area contributed by atoms with Crippen molar-refractivity contribution in [3.63, 3.8) is 0 Å². The Morgan fingerprint density at radius 3 is 2.88 bits per heavy atom. The van der Waals surface area contributed by atoms with Crippen molar-refractivity contribution in [3.05, 3.63) is 17.6 Å². The van der Waals surface area contributed by atoms with Crippen LogP contribution in [-0.4, -0.2) is 42.0 Å². The number of rotatable bonds is 1. The maximum atomic E-state index is 5.35. The molecule has 16 heavy (non-hydrogen) atoms. The molecule has 1 saturated heterocycles. The van der Waals surface area contributed by atoms with Crippen LogP contribution in [0.5, 0.6) is 0 Å². The van der Waals surface area contributed by atoms with Crippen LogP contribution in [0.25, 0.3) is 0 Å². The number of hydrogen-bond donors (Lipinski definition) is 0. The first-order valence-corrected chi connectivity index (χ1v) is 5.54. The average Bonchev–Trinajstić information content (AvgIpc) is 2.73. The summed E-state index contributed by atoms with van der Waals surface area (Å²) in [6, 6.07) is 0. The molecule has 0 radical (unpaired) electrons. The van der Waals surface area contributed by atoms with Crippen LogP contribution in [0, 0.1) is 0 Å². The minimum absolute atomic E-state index is 0.695. The van der Waals surface area contributed by atoms with E-state index in [0.717, 1.165) is 49.1 Å². The zero-order valence-electron chi connectivity index (χ0n) is 9.31. The molecule has 0 aliphatic carbocycles. The van der Waals surface area contributed by atoms with Gasteiger partial charge in [-0.15, -0.1) is 0 Å². The van der Waals surface area contributed by atoms with Crippen LogP contribution in [0.4, 0.5) is 5.82 Å². The van der Waals surface area contributed by atoms with E-state index in [1.165, 1.54) is 0 Å². The second kappa shape index (κ2) is 3.83. The van der Waals surface area contributed by atoms with Crippen LogP contribution in [0.2, 0.25) is 0 Å². The fraction of sp³-hybridized carbons (Fsp3) is 0.545. The van der Waals surface area contributed by atoms with Crippen molar-refractivity contribution in [2.24, 2.45) is 4.99 Å². The Balaban J connectivity index is 2.01. The maximum Gasteiger partial charge on any atom is 0.141 e. The van der Waals surface area contributed by atoms with E-state index in [4.69, 9.17) is 4.74 Å². The fourth-order valence-corrected chi connectivity index (χ4v) is 2.19. The van der Waals surface area contributed by atoms with Crippen LogP contribution < -0.4 is 4.90 Å². The normalized spacial score (nSPS) is 19.6. The predicted molar refractivity (Wildman–Crippen MR) is 61.0 cm³/mol. The van der Waals surface area contributed by atoms with E-state index in [9.17, 15) is 0 Å². The van der Waals surface area contributed by atoms with Gasteiger partial charge in [0.1, 0.15) is 12.1 Å². The van der Waals surface area contributed by atoms with Gasteiger partial charge >= 0.3 is 0 Å². The van der Waals surface area contributed by atoms with Gasteiger partial charge in [0.05, 0.1) is 31.0 Å². The molecule has 0 aromatic carbocycles. The Bertz CT molecular complexity index is 438. The van der Waals surface area contributed by atoms with E-state index in [2.05, 4.69) is 19.9 Å². The third kappa shape index (κ3) is 1.48. The summed E-state index contributed by atoms with van der Waals surface area (Å²) in [5.41, 5.74) is 3.23. The third-order valence-electron chi connectivity index (χ3n) is 3.04. The predicted octanol–water partition coefficient (Wildman–Crippen LogP) is 0.636. The number of fused-ring (bicyclic) bond motifs is 1. The summed E-state index contributed by atoms with van der Waals surface area (Å²) in [5, 5.41) is 0. The number of aliphatic imine (C=N–C) groups is 1. The lowest BCUT2D eigenvalue weighted by molar-refractivity contribution is 0.122. The summed E-state index contributed by atoms with van der Waals surface area (Å²) in [4.78, 5) is 15.4. The molecule has 1 aromatic heterocycles. The minimum Gasteiger partial charge on any atom is -0.378 e. The summed E-state index contributed by atoms with van der Waals surface area (Å²) in [6.45, 7) is 6.07. The first kappa shape index (κ1) is 9.72. The number of ether oxygens (including phenoxy) is 1. The number of aromatic nitrogens is 2. The summed E-state index contributed by atoms with van der Waals surface area (Å²) in [6.07, 6.45) is 1.64. The largest absolute Gasteiger partial charge is 0.378 e. The molecule has 0 bridgehead atoms. The van der Waals surface area contributed by atoms with Gasteiger partial charge in [0.2, 0.25) is 0 Å². The van der Waals surface area contributed by atoms with Crippen molar-refractivity contribution in [2.45, 2.75) is 13.5 Å². The van der Waals surface area contributed by atoms with Gasteiger partial charge in [-0.25, -0.2) is 9.97 Å². The topological polar surface area (TPSA) is 50.6 Å². The van der Waals surface area contributed by atoms with E-state index in [0.29, 0.717) is 6.54 Å². The minimum atomic E-state index is 0.695. The second-order valence-corrected chi connectivity index (χ2v) is 4.02. The third-order valence-corrected chi connectivity index (χ3v) is 3.04. The summed E-state index contributed by atoms with van der Waals surface area (Å²) in [7, 11) is 0. The Morgan fingerprint density at radius 2 is 2.06 bits per heavy atom. The Hall–Kier alpha value is -1.49. The lowest BCUT2D eigenvalue weighted by Gasteiger charge is -2.29. The molecule has 0 unspecified atom stereocenters. The van der Waals surface area contributed by atoms with Gasteiger partial charge in [-0.2, -0.15) is 0 Å². The lowest BCUT2D eigenvalue weighted by Crippen LogP contribution is -2.37. The number of anilines is 1. The van der Waals surface area contributed by atoms with Gasteiger partial charge in [0.25, 0.3) is 0 Å². The molecule has 0 N–H and O–H groups in total. The first-order chi connectivity index (χ1) is 7.86. The van der Waals surface area contributed by atoms with Gasteiger partial charge in [-0.3, -0.25) is 4.99 Å². The molecular formula is C11H14N4O. The van der Waals surface area contributed by atoms with Crippen molar-refractivity contribution in [1.29, 1.82) is 0 Å². The lowest BCUT2D eigenvalue weighted by atomic mass is 10.1. The highest BCUT2D eigenvalue weighted by Crippen LogP contribution is 2.26. The molecular weight excluding hydrogens is 204 g/mol. The Kier molecular flexibility index (Phi) is 2.32. The maximum absolute atomic E-state index is 5.35. The molecule has 3 heterocycles. The molecule has 0 amide bonds. The van der Waals surface area contributed by atoms with Gasteiger partial charge in [0.15, 0.2) is 0 Å². The highest BCUT2D eigenvalue weighted by molar-refractivity contribution is 6.05. The van der Waals surface area contributed by atoms with Crippen molar-refractivity contribution in [3.8, 4) is 0 Å². The highest BCUT2D eigenvalue weighted by Gasteiger charge is 2.23. The van der Waals surface area contributed by atoms with Crippen LogP contribution >= 0.6 is 0 Å². The molecule has 2 aliphatic heterocycles. The quantitative estimate of drug-likeness (QED) is 0.694. The Labute approximate surface area is 94.2 Å². The average molecular weight is 218 g/mol. The summed E-state index contributed by atoms with van der Waals surface area (Å²) in [5.74, 6) is 1.02. The van der Waals surface area contributed by atoms with Crippen LogP contribution in [0.3, 0.4) is 0 Å². The smallest absolute Gasteiger partial charge is 0.141 e. The molecule has 0 spiro atoms. The van der Waals surface area contributed by atoms with Crippen LogP contribution in [-0.2, 0) is 11.3 Å². The van der Waals surface area contributed by atoms with Crippen molar-refractivity contribution >= 4 is 11.5 Å². The first-order valence-electron chi connectivity index (χ1n) is 5.54.